The topological polar surface area (TPSA) is 36.9 Å². The molecule has 0 aromatic carbocycles. The maximum Gasteiger partial charge on any atom is 0.0923 e. The van der Waals surface area contributed by atoms with E-state index in [2.05, 4.69) is 28.3 Å². The SMILES string of the molecule is COCC(C)N1C=C2NC=NC=C2C1. The molecule has 2 rings (SSSR count). The number of ether oxygens (including phenoxy) is 1. The minimum atomic E-state index is 0.404. The molecule has 0 bridgehead atoms. The van der Waals surface area contributed by atoms with Gasteiger partial charge in [-0.15, -0.1) is 0 Å². The fraction of sp³-hybridized carbons (Fsp3) is 0.500. The van der Waals surface area contributed by atoms with Crippen LogP contribution in [0.5, 0.6) is 0 Å². The molecule has 0 aromatic rings. The monoisotopic (exact) mass is 193 g/mol. The summed E-state index contributed by atoms with van der Waals surface area (Å²) in [5.41, 5.74) is 2.40. The van der Waals surface area contributed by atoms with E-state index in [9.17, 15) is 0 Å². The first kappa shape index (κ1) is 9.27. The zero-order valence-electron chi connectivity index (χ0n) is 8.53. The maximum absolute atomic E-state index is 5.13. The lowest BCUT2D eigenvalue weighted by atomic mass is 10.2. The summed E-state index contributed by atoms with van der Waals surface area (Å²) >= 11 is 0. The molecule has 0 aliphatic carbocycles. The lowest BCUT2D eigenvalue weighted by molar-refractivity contribution is 0.133. The van der Waals surface area contributed by atoms with Crippen molar-refractivity contribution >= 4 is 6.34 Å². The molecule has 2 aliphatic heterocycles. The fourth-order valence-electron chi connectivity index (χ4n) is 1.67. The average molecular weight is 193 g/mol. The number of hydrogen-bond donors (Lipinski definition) is 1. The smallest absolute Gasteiger partial charge is 0.0923 e. The number of nitrogens with zero attached hydrogens (tertiary/aromatic N) is 2. The summed E-state index contributed by atoms with van der Waals surface area (Å²) in [6.07, 6.45) is 5.74. The van der Waals surface area contributed by atoms with Crippen molar-refractivity contribution in [2.24, 2.45) is 4.99 Å². The Labute approximate surface area is 84.0 Å². The van der Waals surface area contributed by atoms with Crippen molar-refractivity contribution in [2.45, 2.75) is 13.0 Å². The van der Waals surface area contributed by atoms with Gasteiger partial charge in [-0.25, -0.2) is 4.99 Å². The third-order valence-corrected chi connectivity index (χ3v) is 2.49. The third kappa shape index (κ3) is 1.65. The highest BCUT2D eigenvalue weighted by Gasteiger charge is 2.22. The summed E-state index contributed by atoms with van der Waals surface area (Å²) in [6, 6.07) is 0.404. The minimum absolute atomic E-state index is 0.404. The largest absolute Gasteiger partial charge is 0.383 e. The highest BCUT2D eigenvalue weighted by atomic mass is 16.5. The van der Waals surface area contributed by atoms with E-state index in [1.165, 1.54) is 5.57 Å². The quantitative estimate of drug-likeness (QED) is 0.716. The van der Waals surface area contributed by atoms with Crippen LogP contribution in [0, 0.1) is 0 Å². The predicted molar refractivity (Wildman–Crippen MR) is 55.8 cm³/mol. The summed E-state index contributed by atoms with van der Waals surface area (Å²) in [5.74, 6) is 0. The lowest BCUT2D eigenvalue weighted by Gasteiger charge is -2.22. The van der Waals surface area contributed by atoms with Gasteiger partial charge in [0.2, 0.25) is 0 Å². The molecule has 0 saturated carbocycles. The van der Waals surface area contributed by atoms with Crippen LogP contribution < -0.4 is 5.32 Å². The molecular formula is C10H15N3O. The van der Waals surface area contributed by atoms with Crippen LogP contribution >= 0.6 is 0 Å². The van der Waals surface area contributed by atoms with Crippen LogP contribution in [-0.2, 0) is 4.74 Å². The number of fused-ring (bicyclic) bond motifs is 1. The van der Waals surface area contributed by atoms with Gasteiger partial charge < -0.3 is 15.0 Å². The number of aliphatic imine (C=N–C) groups is 1. The van der Waals surface area contributed by atoms with Gasteiger partial charge in [-0.1, -0.05) is 0 Å². The van der Waals surface area contributed by atoms with E-state index >= 15 is 0 Å². The standard InChI is InChI=1S/C10H15N3O/c1-8(6-14-2)13-4-9-3-11-7-12-10(9)5-13/h3,5,7-8H,4,6H2,1-2H3,(H,11,12). The number of rotatable bonds is 3. The van der Waals surface area contributed by atoms with Gasteiger partial charge in [-0.05, 0) is 6.92 Å². The Kier molecular flexibility index (Phi) is 2.54. The number of nitrogens with one attached hydrogen (secondary N) is 1. The van der Waals surface area contributed by atoms with Crippen LogP contribution in [0.15, 0.2) is 28.7 Å². The van der Waals surface area contributed by atoms with Gasteiger partial charge in [0.1, 0.15) is 0 Å². The van der Waals surface area contributed by atoms with Gasteiger partial charge >= 0.3 is 0 Å². The second kappa shape index (κ2) is 3.84. The second-order valence-electron chi connectivity index (χ2n) is 3.60. The Morgan fingerprint density at radius 3 is 3.29 bits per heavy atom. The fourth-order valence-corrected chi connectivity index (χ4v) is 1.67. The first-order chi connectivity index (χ1) is 6.81. The van der Waals surface area contributed by atoms with Crippen LogP contribution in [-0.4, -0.2) is 37.5 Å². The average Bonchev–Trinajstić information content (AvgIpc) is 2.61. The molecule has 2 heterocycles. The van der Waals surface area contributed by atoms with E-state index in [4.69, 9.17) is 4.74 Å². The highest BCUT2D eigenvalue weighted by Crippen LogP contribution is 2.21. The summed E-state index contributed by atoms with van der Waals surface area (Å²) in [4.78, 5) is 6.32. The Balaban J connectivity index is 2.04. The van der Waals surface area contributed by atoms with Crippen LogP contribution in [0.25, 0.3) is 0 Å². The van der Waals surface area contributed by atoms with Gasteiger partial charge in [0.15, 0.2) is 0 Å². The van der Waals surface area contributed by atoms with E-state index in [-0.39, 0.29) is 0 Å². The Morgan fingerprint density at radius 1 is 1.71 bits per heavy atom. The van der Waals surface area contributed by atoms with Crippen molar-refractivity contribution in [1.29, 1.82) is 0 Å². The molecular weight excluding hydrogens is 178 g/mol. The molecule has 0 spiro atoms. The summed E-state index contributed by atoms with van der Waals surface area (Å²) < 4.78 is 5.13. The predicted octanol–water partition coefficient (Wildman–Crippen LogP) is 0.694. The Morgan fingerprint density at radius 2 is 2.57 bits per heavy atom. The van der Waals surface area contributed by atoms with Crippen molar-refractivity contribution in [3.8, 4) is 0 Å². The molecule has 0 amide bonds. The van der Waals surface area contributed by atoms with E-state index < -0.39 is 0 Å². The summed E-state index contributed by atoms with van der Waals surface area (Å²) in [7, 11) is 1.73. The van der Waals surface area contributed by atoms with Crippen LogP contribution in [0.4, 0.5) is 0 Å². The third-order valence-electron chi connectivity index (χ3n) is 2.49. The van der Waals surface area contributed by atoms with Gasteiger partial charge in [-0.3, -0.25) is 0 Å². The van der Waals surface area contributed by atoms with E-state index in [0.717, 1.165) is 18.8 Å². The molecule has 4 nitrogen and oxygen atoms in total. The van der Waals surface area contributed by atoms with Crippen molar-refractivity contribution in [3.63, 3.8) is 0 Å². The molecule has 4 heteroatoms. The molecule has 0 radical (unpaired) electrons. The molecule has 2 aliphatic rings. The number of methoxy groups -OCH3 is 1. The highest BCUT2D eigenvalue weighted by molar-refractivity contribution is 5.64. The molecule has 76 valence electrons. The van der Waals surface area contributed by atoms with Crippen LogP contribution in [0.2, 0.25) is 0 Å². The summed E-state index contributed by atoms with van der Waals surface area (Å²) in [6.45, 7) is 3.82. The van der Waals surface area contributed by atoms with Gasteiger partial charge in [-0.2, -0.15) is 0 Å². The van der Waals surface area contributed by atoms with E-state index in [0.29, 0.717) is 6.04 Å². The van der Waals surface area contributed by atoms with Crippen LogP contribution in [0.1, 0.15) is 6.92 Å². The van der Waals surface area contributed by atoms with Gasteiger partial charge in [0.05, 0.1) is 18.6 Å². The molecule has 0 fully saturated rings. The first-order valence-corrected chi connectivity index (χ1v) is 4.75. The molecule has 1 unspecified atom stereocenters. The zero-order chi connectivity index (χ0) is 9.97. The maximum atomic E-state index is 5.13. The van der Waals surface area contributed by atoms with Crippen molar-refractivity contribution < 1.29 is 4.74 Å². The summed E-state index contributed by atoms with van der Waals surface area (Å²) in [5, 5.41) is 3.13. The lowest BCUT2D eigenvalue weighted by Crippen LogP contribution is -2.30. The molecule has 1 N–H and O–H groups in total. The van der Waals surface area contributed by atoms with Gasteiger partial charge in [0.25, 0.3) is 0 Å². The van der Waals surface area contributed by atoms with Crippen molar-refractivity contribution in [1.82, 2.24) is 10.2 Å². The van der Waals surface area contributed by atoms with E-state index in [1.54, 1.807) is 13.4 Å². The Bertz CT molecular complexity index is 306. The van der Waals surface area contributed by atoms with E-state index in [1.807, 2.05) is 6.20 Å². The zero-order valence-corrected chi connectivity index (χ0v) is 8.53. The molecule has 14 heavy (non-hydrogen) atoms. The van der Waals surface area contributed by atoms with Crippen LogP contribution in [0.3, 0.4) is 0 Å². The van der Waals surface area contributed by atoms with Crippen molar-refractivity contribution in [3.05, 3.63) is 23.7 Å². The van der Waals surface area contributed by atoms with Gasteiger partial charge in [0, 0.05) is 37.7 Å². The Hall–Kier alpha value is -1.29. The van der Waals surface area contributed by atoms with Crippen molar-refractivity contribution in [2.75, 3.05) is 20.3 Å². The minimum Gasteiger partial charge on any atom is -0.383 e. The number of hydrogen-bond acceptors (Lipinski definition) is 4. The normalized spacial score (nSPS) is 21.1. The molecule has 0 saturated heterocycles. The first-order valence-electron chi connectivity index (χ1n) is 4.75. The molecule has 1 atom stereocenters. The molecule has 0 aromatic heterocycles. The second-order valence-corrected chi connectivity index (χ2v) is 3.60.